The molecule has 5 aliphatic rings. The van der Waals surface area contributed by atoms with Gasteiger partial charge in [0.1, 0.15) is 5.60 Å². The first-order valence-electron chi connectivity index (χ1n) is 11.3. The maximum atomic E-state index is 17.2. The molecule has 7 heteroatoms. The van der Waals surface area contributed by atoms with Crippen LogP contribution in [0, 0.1) is 22.7 Å². The van der Waals surface area contributed by atoms with Gasteiger partial charge in [0.25, 0.3) is 0 Å². The van der Waals surface area contributed by atoms with E-state index >= 15 is 4.39 Å². The fraction of sp³-hybridized carbons (Fsp3) is 0.720. The molecule has 1 aliphatic heterocycles. The van der Waals surface area contributed by atoms with E-state index in [9.17, 15) is 15.0 Å². The molecule has 0 unspecified atom stereocenters. The quantitative estimate of drug-likeness (QED) is 0.629. The van der Waals surface area contributed by atoms with Crippen molar-refractivity contribution < 1.29 is 34.3 Å². The van der Waals surface area contributed by atoms with Crippen molar-refractivity contribution in [3.05, 3.63) is 36.0 Å². The number of carbonyl (C=O) groups is 1. The van der Waals surface area contributed by atoms with Crippen LogP contribution in [0.4, 0.5) is 4.39 Å². The summed E-state index contributed by atoms with van der Waals surface area (Å²) in [4.78, 5) is 12.0. The Bertz CT molecular complexity index is 925. The molecule has 0 aromatic carbocycles. The van der Waals surface area contributed by atoms with Gasteiger partial charge in [0.2, 0.25) is 0 Å². The van der Waals surface area contributed by atoms with Crippen LogP contribution in [0.5, 0.6) is 0 Å². The molecule has 32 heavy (non-hydrogen) atoms. The zero-order chi connectivity index (χ0) is 22.6. The molecular weight excluding hydrogens is 415 g/mol. The highest BCUT2D eigenvalue weighted by atomic mass is 19.1. The van der Waals surface area contributed by atoms with E-state index in [1.165, 1.54) is 6.08 Å². The highest BCUT2D eigenvalue weighted by molar-refractivity contribution is 6.01. The summed E-state index contributed by atoms with van der Waals surface area (Å²) in [5.41, 5.74) is -3.25. The second kappa shape index (κ2) is 6.83. The Kier molecular flexibility index (Phi) is 5.07. The topological polar surface area (TPSA) is 107 Å². The van der Waals surface area contributed by atoms with Crippen LogP contribution in [0.25, 0.3) is 0 Å². The molecule has 6 nitrogen and oxygen atoms in total. The standard InChI is InChI=1S/C25H33FO5.H2O/c1-14(13-27)25-20(30-21(2,3)31-25)11-18-17-7-6-15-10-16(28)8-9-22(15,4)24(17,26)19(29)12-23(18,25)5;/h8-10,17-20,27,29H,1,6-7,11-13H2,2-5H3;1H2/t17-,18-,19-,20+,22-,23-,24-,25+;/m0./s1. The smallest absolute Gasteiger partial charge is 0.178 e. The van der Waals surface area contributed by atoms with Crippen LogP contribution in [-0.2, 0) is 14.3 Å². The summed E-state index contributed by atoms with van der Waals surface area (Å²) in [6.07, 6.45) is 4.95. The number of alkyl halides is 1. The van der Waals surface area contributed by atoms with Crippen LogP contribution < -0.4 is 0 Å². The number of allylic oxidation sites excluding steroid dienone is 4. The Hall–Kier alpha value is -1.38. The maximum absolute atomic E-state index is 17.2. The summed E-state index contributed by atoms with van der Waals surface area (Å²) in [6.45, 7) is 11.4. The zero-order valence-electron chi connectivity index (χ0n) is 19.3. The van der Waals surface area contributed by atoms with Gasteiger partial charge >= 0.3 is 0 Å². The number of hydrogen-bond acceptors (Lipinski definition) is 5. The van der Waals surface area contributed by atoms with E-state index in [2.05, 4.69) is 6.58 Å². The van der Waals surface area contributed by atoms with Crippen molar-refractivity contribution >= 4 is 5.78 Å². The number of hydrogen-bond donors (Lipinski definition) is 2. The van der Waals surface area contributed by atoms with Gasteiger partial charge < -0.3 is 25.2 Å². The van der Waals surface area contributed by atoms with Crippen LogP contribution in [0.1, 0.15) is 53.4 Å². The minimum atomic E-state index is -1.89. The van der Waals surface area contributed by atoms with E-state index in [1.54, 1.807) is 12.2 Å². The van der Waals surface area contributed by atoms with Crippen molar-refractivity contribution in [1.82, 2.24) is 0 Å². The molecule has 0 bridgehead atoms. The Labute approximate surface area is 188 Å². The summed E-state index contributed by atoms with van der Waals surface area (Å²) >= 11 is 0. The Morgan fingerprint density at radius 2 is 1.97 bits per heavy atom. The summed E-state index contributed by atoms with van der Waals surface area (Å²) in [5, 5.41) is 21.5. The van der Waals surface area contributed by atoms with E-state index in [0.29, 0.717) is 24.8 Å². The number of aliphatic hydroxyl groups is 2. The maximum Gasteiger partial charge on any atom is 0.178 e. The van der Waals surface area contributed by atoms with Crippen molar-refractivity contribution in [3.8, 4) is 0 Å². The number of aliphatic hydroxyl groups excluding tert-OH is 2. The molecule has 0 spiro atoms. The van der Waals surface area contributed by atoms with Crippen LogP contribution >= 0.6 is 0 Å². The van der Waals surface area contributed by atoms with Gasteiger partial charge in [-0.1, -0.05) is 25.2 Å². The average molecular weight is 451 g/mol. The number of ketones is 1. The third-order valence-electron chi connectivity index (χ3n) is 9.35. The van der Waals surface area contributed by atoms with E-state index in [1.807, 2.05) is 27.7 Å². The minimum Gasteiger partial charge on any atom is -0.412 e. The number of halogens is 1. The predicted molar refractivity (Wildman–Crippen MR) is 116 cm³/mol. The summed E-state index contributed by atoms with van der Waals surface area (Å²) in [5.74, 6) is -1.52. The van der Waals surface area contributed by atoms with Gasteiger partial charge in [0, 0.05) is 16.7 Å². The highest BCUT2D eigenvalue weighted by Crippen LogP contribution is 2.73. The third-order valence-corrected chi connectivity index (χ3v) is 9.35. The molecule has 4 fully saturated rings. The number of ether oxygens (including phenoxy) is 2. The SMILES string of the molecule is C=C(CO)[C@@]12OC(C)(C)O[C@@H]1C[C@H]1[C@@H]3CCC4=CC(=O)C=C[C@]4(C)[C@@]3(F)[C@@H](O)C[C@@]12C.O. The molecule has 1 saturated heterocycles. The number of carbonyl (C=O) groups excluding carboxylic acids is 1. The Balaban J connectivity index is 0.00000245. The van der Waals surface area contributed by atoms with Crippen molar-refractivity contribution in [3.63, 3.8) is 0 Å². The fourth-order valence-corrected chi connectivity index (χ4v) is 8.07. The lowest BCUT2D eigenvalue weighted by molar-refractivity contribution is -0.242. The molecule has 178 valence electrons. The van der Waals surface area contributed by atoms with Crippen LogP contribution in [0.2, 0.25) is 0 Å². The molecule has 0 aromatic rings. The Morgan fingerprint density at radius 3 is 2.62 bits per heavy atom. The van der Waals surface area contributed by atoms with Gasteiger partial charge in [-0.05, 0) is 70.1 Å². The lowest BCUT2D eigenvalue weighted by Crippen LogP contribution is -2.69. The summed E-state index contributed by atoms with van der Waals surface area (Å²) < 4.78 is 30.0. The van der Waals surface area contributed by atoms with Gasteiger partial charge in [0.15, 0.2) is 17.2 Å². The molecule has 8 atom stereocenters. The number of rotatable bonds is 2. The molecule has 0 radical (unpaired) electrons. The first-order valence-corrected chi connectivity index (χ1v) is 11.3. The summed E-state index contributed by atoms with van der Waals surface area (Å²) in [7, 11) is 0. The van der Waals surface area contributed by atoms with Gasteiger partial charge in [0.05, 0.1) is 18.8 Å². The second-order valence-electron chi connectivity index (χ2n) is 11.1. The minimum absolute atomic E-state index is 0. The van der Waals surface area contributed by atoms with Crippen LogP contribution in [-0.4, -0.2) is 57.3 Å². The van der Waals surface area contributed by atoms with E-state index in [0.717, 1.165) is 5.57 Å². The molecular formula is C25H35FO6. The van der Waals surface area contributed by atoms with Crippen molar-refractivity contribution in [1.29, 1.82) is 0 Å². The largest absolute Gasteiger partial charge is 0.412 e. The van der Waals surface area contributed by atoms with Gasteiger partial charge in [-0.3, -0.25) is 4.79 Å². The van der Waals surface area contributed by atoms with Crippen molar-refractivity contribution in [2.75, 3.05) is 6.61 Å². The molecule has 0 amide bonds. The van der Waals surface area contributed by atoms with Crippen molar-refractivity contribution in [2.24, 2.45) is 22.7 Å². The molecule has 3 saturated carbocycles. The van der Waals surface area contributed by atoms with Crippen LogP contribution in [0.15, 0.2) is 36.0 Å². The zero-order valence-corrected chi connectivity index (χ0v) is 19.3. The first kappa shape index (κ1) is 23.8. The van der Waals surface area contributed by atoms with Crippen LogP contribution in [0.3, 0.4) is 0 Å². The first-order chi connectivity index (χ1) is 14.4. The molecule has 4 N–H and O–H groups in total. The second-order valence-corrected chi connectivity index (χ2v) is 11.1. The monoisotopic (exact) mass is 450 g/mol. The molecule has 4 aliphatic carbocycles. The van der Waals surface area contributed by atoms with E-state index in [4.69, 9.17) is 9.47 Å². The Morgan fingerprint density at radius 1 is 1.28 bits per heavy atom. The molecule has 1 heterocycles. The van der Waals surface area contributed by atoms with Gasteiger partial charge in [-0.25, -0.2) is 4.39 Å². The normalized spacial score (nSPS) is 50.5. The fourth-order valence-electron chi connectivity index (χ4n) is 8.07. The van der Waals surface area contributed by atoms with E-state index < -0.39 is 39.9 Å². The van der Waals surface area contributed by atoms with Crippen molar-refractivity contribution in [2.45, 2.75) is 82.6 Å². The lowest BCUT2D eigenvalue weighted by atomic mass is 9.44. The van der Waals surface area contributed by atoms with Gasteiger partial charge in [-0.15, -0.1) is 0 Å². The predicted octanol–water partition coefficient (Wildman–Crippen LogP) is 2.58. The molecule has 5 rings (SSSR count). The lowest BCUT2D eigenvalue weighted by Gasteiger charge is -2.63. The average Bonchev–Trinajstić information content (AvgIpc) is 3.09. The number of fused-ring (bicyclic) bond motifs is 7. The molecule has 0 aromatic heterocycles. The van der Waals surface area contributed by atoms with E-state index in [-0.39, 0.29) is 36.3 Å². The summed E-state index contributed by atoms with van der Waals surface area (Å²) in [6, 6.07) is 0. The highest BCUT2D eigenvalue weighted by Gasteiger charge is 2.78. The third kappa shape index (κ3) is 2.49. The van der Waals surface area contributed by atoms with Gasteiger partial charge in [-0.2, -0.15) is 0 Å².